The Morgan fingerprint density at radius 2 is 2.00 bits per heavy atom. The maximum atomic E-state index is 10.8. The third kappa shape index (κ3) is 4.79. The average Bonchev–Trinajstić information content (AvgIpc) is 2.25. The largest absolute Gasteiger partial charge is 0.481 e. The third-order valence-corrected chi connectivity index (χ3v) is 3.36. The van der Waals surface area contributed by atoms with Gasteiger partial charge >= 0.3 is 5.97 Å². The first-order valence-electron chi connectivity index (χ1n) is 6.17. The molecule has 3 heteroatoms. The lowest BCUT2D eigenvalue weighted by molar-refractivity contribution is -0.143. The molecule has 3 nitrogen and oxygen atoms in total. The smallest absolute Gasteiger partial charge is 0.306 e. The Labute approximate surface area is 97.9 Å². The van der Waals surface area contributed by atoms with Crippen LogP contribution in [0.25, 0.3) is 0 Å². The first kappa shape index (κ1) is 13.2. The summed E-state index contributed by atoms with van der Waals surface area (Å²) in [5.41, 5.74) is 1.21. The number of aliphatic carboxylic acids is 1. The zero-order valence-electron chi connectivity index (χ0n) is 10.2. The van der Waals surface area contributed by atoms with Gasteiger partial charge in [0, 0.05) is 0 Å². The molecule has 0 saturated heterocycles. The van der Waals surface area contributed by atoms with E-state index in [2.05, 4.69) is 11.9 Å². The van der Waals surface area contributed by atoms with Crippen LogP contribution >= 0.6 is 0 Å². The van der Waals surface area contributed by atoms with Gasteiger partial charge in [-0.15, -0.1) is 6.58 Å². The number of hydrogen-bond acceptors (Lipinski definition) is 2. The molecule has 0 aromatic rings. The van der Waals surface area contributed by atoms with E-state index in [0.29, 0.717) is 5.92 Å². The number of rotatable bonds is 6. The molecule has 0 aromatic carbocycles. The molecule has 1 rings (SSSR count). The summed E-state index contributed by atoms with van der Waals surface area (Å²) in [6.45, 7) is 7.93. The van der Waals surface area contributed by atoms with E-state index in [4.69, 9.17) is 5.11 Å². The zero-order chi connectivity index (χ0) is 12.0. The van der Waals surface area contributed by atoms with Gasteiger partial charge in [-0.25, -0.2) is 0 Å². The molecule has 0 radical (unpaired) electrons. The highest BCUT2D eigenvalue weighted by atomic mass is 16.4. The van der Waals surface area contributed by atoms with Crippen LogP contribution in [0, 0.1) is 11.8 Å². The Kier molecular flexibility index (Phi) is 5.53. The van der Waals surface area contributed by atoms with Crippen LogP contribution in [0.4, 0.5) is 0 Å². The number of hydrogen-bond donors (Lipinski definition) is 2. The lowest BCUT2D eigenvalue weighted by Gasteiger charge is -2.26. The maximum Gasteiger partial charge on any atom is 0.306 e. The van der Waals surface area contributed by atoms with Gasteiger partial charge in [-0.2, -0.15) is 0 Å². The minimum absolute atomic E-state index is 0.0910. The highest BCUT2D eigenvalue weighted by Crippen LogP contribution is 2.28. The predicted octanol–water partition coefficient (Wildman–Crippen LogP) is 2.43. The van der Waals surface area contributed by atoms with Gasteiger partial charge in [-0.3, -0.25) is 4.79 Å². The summed E-state index contributed by atoms with van der Waals surface area (Å²) in [5.74, 6) is -0.0407. The molecule has 16 heavy (non-hydrogen) atoms. The van der Waals surface area contributed by atoms with Gasteiger partial charge in [-0.1, -0.05) is 5.57 Å². The molecule has 1 fully saturated rings. The number of carbonyl (C=O) groups is 1. The summed E-state index contributed by atoms with van der Waals surface area (Å²) in [5, 5.41) is 12.3. The Bertz CT molecular complexity index is 242. The van der Waals surface area contributed by atoms with Crippen molar-refractivity contribution in [2.75, 3.05) is 13.1 Å². The molecule has 0 bridgehead atoms. The fourth-order valence-electron chi connectivity index (χ4n) is 2.22. The average molecular weight is 225 g/mol. The van der Waals surface area contributed by atoms with Crippen LogP contribution in [0.1, 0.15) is 39.0 Å². The standard InChI is InChI=1S/C13H23NO2/c1-10(2)7-8-14-9-11-3-5-12(6-4-11)13(15)16/h11-12,14H,1,3-9H2,2H3,(H,15,16). The fraction of sp³-hybridized carbons (Fsp3) is 0.769. The van der Waals surface area contributed by atoms with Crippen LogP contribution in [-0.2, 0) is 4.79 Å². The molecule has 0 spiro atoms. The van der Waals surface area contributed by atoms with Crippen LogP contribution in [0.3, 0.4) is 0 Å². The second-order valence-electron chi connectivity index (χ2n) is 4.97. The van der Waals surface area contributed by atoms with Crippen molar-refractivity contribution in [2.45, 2.75) is 39.0 Å². The maximum absolute atomic E-state index is 10.8. The van der Waals surface area contributed by atoms with E-state index in [-0.39, 0.29) is 5.92 Å². The van der Waals surface area contributed by atoms with Crippen LogP contribution in [0.15, 0.2) is 12.2 Å². The Hall–Kier alpha value is -0.830. The SMILES string of the molecule is C=C(C)CCNCC1CCC(C(=O)O)CC1. The molecule has 2 N–H and O–H groups in total. The second-order valence-corrected chi connectivity index (χ2v) is 4.97. The molecule has 1 aliphatic rings. The van der Waals surface area contributed by atoms with Gasteiger partial charge in [-0.05, 0) is 58.0 Å². The van der Waals surface area contributed by atoms with Crippen molar-refractivity contribution >= 4 is 5.97 Å². The topological polar surface area (TPSA) is 49.3 Å². The molecule has 1 saturated carbocycles. The van der Waals surface area contributed by atoms with Crippen LogP contribution in [-0.4, -0.2) is 24.2 Å². The van der Waals surface area contributed by atoms with Gasteiger partial charge < -0.3 is 10.4 Å². The Balaban J connectivity index is 2.08. The molecular weight excluding hydrogens is 202 g/mol. The first-order valence-corrected chi connectivity index (χ1v) is 6.17. The van der Waals surface area contributed by atoms with E-state index in [1.165, 1.54) is 5.57 Å². The highest BCUT2D eigenvalue weighted by Gasteiger charge is 2.25. The molecule has 0 atom stereocenters. The van der Waals surface area contributed by atoms with Crippen molar-refractivity contribution in [1.82, 2.24) is 5.32 Å². The Morgan fingerprint density at radius 1 is 1.38 bits per heavy atom. The molecule has 0 aromatic heterocycles. The van der Waals surface area contributed by atoms with Crippen molar-refractivity contribution in [2.24, 2.45) is 11.8 Å². The van der Waals surface area contributed by atoms with Crippen molar-refractivity contribution in [3.8, 4) is 0 Å². The van der Waals surface area contributed by atoms with Gasteiger partial charge in [0.1, 0.15) is 0 Å². The second kappa shape index (κ2) is 6.69. The van der Waals surface area contributed by atoms with E-state index < -0.39 is 5.97 Å². The summed E-state index contributed by atoms with van der Waals surface area (Å²) >= 11 is 0. The predicted molar refractivity (Wildman–Crippen MR) is 65.4 cm³/mol. The quantitative estimate of drug-likeness (QED) is 0.539. The third-order valence-electron chi connectivity index (χ3n) is 3.36. The highest BCUT2D eigenvalue weighted by molar-refractivity contribution is 5.69. The first-order chi connectivity index (χ1) is 7.59. The number of carboxylic acid groups (broad SMARTS) is 1. The van der Waals surface area contributed by atoms with Crippen LogP contribution in [0.2, 0.25) is 0 Å². The van der Waals surface area contributed by atoms with E-state index in [1.54, 1.807) is 0 Å². The molecule has 92 valence electrons. The number of nitrogens with one attached hydrogen (secondary N) is 1. The summed E-state index contributed by atoms with van der Waals surface area (Å²) < 4.78 is 0. The van der Waals surface area contributed by atoms with Gasteiger partial charge in [0.25, 0.3) is 0 Å². The van der Waals surface area contributed by atoms with E-state index in [9.17, 15) is 4.79 Å². The summed E-state index contributed by atoms with van der Waals surface area (Å²) in [4.78, 5) is 10.8. The summed E-state index contributed by atoms with van der Waals surface area (Å²) in [6, 6.07) is 0. The van der Waals surface area contributed by atoms with Crippen LogP contribution < -0.4 is 5.32 Å². The minimum atomic E-state index is -0.617. The van der Waals surface area contributed by atoms with E-state index >= 15 is 0 Å². The molecule has 0 unspecified atom stereocenters. The zero-order valence-corrected chi connectivity index (χ0v) is 10.2. The summed E-state index contributed by atoms with van der Waals surface area (Å²) in [6.07, 6.45) is 4.84. The summed E-state index contributed by atoms with van der Waals surface area (Å²) in [7, 11) is 0. The van der Waals surface area contributed by atoms with Crippen molar-refractivity contribution in [3.63, 3.8) is 0 Å². The molecule has 0 aliphatic heterocycles. The van der Waals surface area contributed by atoms with Gasteiger partial charge in [0.15, 0.2) is 0 Å². The molecular formula is C13H23NO2. The van der Waals surface area contributed by atoms with Gasteiger partial charge in [0.2, 0.25) is 0 Å². The van der Waals surface area contributed by atoms with Crippen molar-refractivity contribution in [3.05, 3.63) is 12.2 Å². The van der Waals surface area contributed by atoms with Crippen LogP contribution in [0.5, 0.6) is 0 Å². The monoisotopic (exact) mass is 225 g/mol. The Morgan fingerprint density at radius 3 is 2.50 bits per heavy atom. The molecule has 0 heterocycles. The molecule has 1 aliphatic carbocycles. The van der Waals surface area contributed by atoms with Crippen molar-refractivity contribution in [1.29, 1.82) is 0 Å². The van der Waals surface area contributed by atoms with E-state index in [0.717, 1.165) is 45.2 Å². The normalized spacial score (nSPS) is 25.3. The number of carboxylic acids is 1. The van der Waals surface area contributed by atoms with E-state index in [1.807, 2.05) is 6.92 Å². The molecule has 0 amide bonds. The van der Waals surface area contributed by atoms with Crippen molar-refractivity contribution < 1.29 is 9.90 Å². The lowest BCUT2D eigenvalue weighted by atomic mass is 9.82. The van der Waals surface area contributed by atoms with Gasteiger partial charge in [0.05, 0.1) is 5.92 Å². The minimum Gasteiger partial charge on any atom is -0.481 e. The fourth-order valence-corrected chi connectivity index (χ4v) is 2.22. The lowest BCUT2D eigenvalue weighted by Crippen LogP contribution is -2.29.